The van der Waals surface area contributed by atoms with E-state index in [0.29, 0.717) is 6.04 Å². The predicted octanol–water partition coefficient (Wildman–Crippen LogP) is 1.17. The fourth-order valence-electron chi connectivity index (χ4n) is 2.51. The first-order valence-corrected chi connectivity index (χ1v) is 6.19. The summed E-state index contributed by atoms with van der Waals surface area (Å²) < 4.78 is 5.27. The van der Waals surface area contributed by atoms with Crippen LogP contribution in [0, 0.1) is 12.8 Å². The Hall–Kier alpha value is -0.870. The number of piperazine rings is 1. The van der Waals surface area contributed by atoms with Gasteiger partial charge < -0.3 is 9.84 Å². The maximum Gasteiger partial charge on any atom is 0.150 e. The van der Waals surface area contributed by atoms with Gasteiger partial charge in [-0.2, -0.15) is 0 Å². The van der Waals surface area contributed by atoms with Gasteiger partial charge in [-0.1, -0.05) is 5.16 Å². The summed E-state index contributed by atoms with van der Waals surface area (Å²) in [7, 11) is 0. The van der Waals surface area contributed by atoms with Crippen LogP contribution in [0.15, 0.2) is 10.6 Å². The van der Waals surface area contributed by atoms with E-state index in [1.807, 2.05) is 13.0 Å². The van der Waals surface area contributed by atoms with Crippen molar-refractivity contribution in [2.45, 2.75) is 32.4 Å². The van der Waals surface area contributed by atoms with Gasteiger partial charge >= 0.3 is 0 Å². The molecule has 2 aliphatic rings. The lowest BCUT2D eigenvalue weighted by atomic mass is 10.1. The smallest absolute Gasteiger partial charge is 0.150 e. The van der Waals surface area contributed by atoms with Gasteiger partial charge in [0, 0.05) is 31.7 Å². The summed E-state index contributed by atoms with van der Waals surface area (Å²) in [6.45, 7) is 6.26. The van der Waals surface area contributed by atoms with E-state index in [0.717, 1.165) is 43.6 Å². The lowest BCUT2D eigenvalue weighted by Crippen LogP contribution is -2.51. The van der Waals surface area contributed by atoms with Crippen molar-refractivity contribution in [3.05, 3.63) is 17.5 Å². The van der Waals surface area contributed by atoms with Gasteiger partial charge in [0.05, 0.1) is 12.2 Å². The van der Waals surface area contributed by atoms with Gasteiger partial charge in [0.25, 0.3) is 0 Å². The normalized spacial score (nSPS) is 27.2. The van der Waals surface area contributed by atoms with Gasteiger partial charge in [-0.15, -0.1) is 0 Å². The second-order valence-corrected chi connectivity index (χ2v) is 5.07. The van der Waals surface area contributed by atoms with E-state index in [2.05, 4.69) is 15.4 Å². The Bertz CT molecular complexity index is 359. The van der Waals surface area contributed by atoms with Crippen molar-refractivity contribution in [1.29, 1.82) is 0 Å². The second-order valence-electron chi connectivity index (χ2n) is 5.07. The lowest BCUT2D eigenvalue weighted by Gasteiger charge is -2.33. The van der Waals surface area contributed by atoms with Crippen LogP contribution in [0.4, 0.5) is 0 Å². The highest BCUT2D eigenvalue weighted by Gasteiger charge is 2.34. The number of rotatable bonds is 3. The third kappa shape index (κ3) is 2.28. The summed E-state index contributed by atoms with van der Waals surface area (Å²) in [5.74, 6) is 1.92. The predicted molar refractivity (Wildman–Crippen MR) is 61.0 cm³/mol. The molecule has 0 amide bonds. The van der Waals surface area contributed by atoms with Gasteiger partial charge in [-0.05, 0) is 25.7 Å². The monoisotopic (exact) mass is 221 g/mol. The summed E-state index contributed by atoms with van der Waals surface area (Å²) in [4.78, 5) is 2.47. The molecule has 1 atom stereocenters. The van der Waals surface area contributed by atoms with Gasteiger partial charge in [-0.3, -0.25) is 4.90 Å². The SMILES string of the molecule is Cc1cc(CN2CCNC(C3CC3)C2)on1. The number of hydrogen-bond acceptors (Lipinski definition) is 4. The zero-order chi connectivity index (χ0) is 11.0. The van der Waals surface area contributed by atoms with Crippen molar-refractivity contribution in [3.63, 3.8) is 0 Å². The molecule has 3 rings (SSSR count). The van der Waals surface area contributed by atoms with Crippen LogP contribution in [0.25, 0.3) is 0 Å². The number of aryl methyl sites for hydroxylation is 1. The quantitative estimate of drug-likeness (QED) is 0.832. The van der Waals surface area contributed by atoms with Gasteiger partial charge in [-0.25, -0.2) is 0 Å². The average molecular weight is 221 g/mol. The van der Waals surface area contributed by atoms with Crippen LogP contribution in [0.2, 0.25) is 0 Å². The minimum Gasteiger partial charge on any atom is -0.360 e. The molecule has 1 aromatic rings. The molecule has 16 heavy (non-hydrogen) atoms. The molecule has 0 spiro atoms. The molecule has 4 nitrogen and oxygen atoms in total. The lowest BCUT2D eigenvalue weighted by molar-refractivity contribution is 0.165. The molecule has 0 aromatic carbocycles. The molecule has 1 N–H and O–H groups in total. The highest BCUT2D eigenvalue weighted by atomic mass is 16.5. The summed E-state index contributed by atoms with van der Waals surface area (Å²) in [5, 5.41) is 7.55. The number of nitrogens with zero attached hydrogens (tertiary/aromatic N) is 2. The van der Waals surface area contributed by atoms with Crippen LogP contribution < -0.4 is 5.32 Å². The number of nitrogens with one attached hydrogen (secondary N) is 1. The zero-order valence-corrected chi connectivity index (χ0v) is 9.78. The van der Waals surface area contributed by atoms with E-state index in [1.165, 1.54) is 12.8 Å². The topological polar surface area (TPSA) is 41.3 Å². The van der Waals surface area contributed by atoms with Crippen LogP contribution in [-0.2, 0) is 6.54 Å². The Morgan fingerprint density at radius 1 is 1.56 bits per heavy atom. The van der Waals surface area contributed by atoms with Crippen LogP contribution in [-0.4, -0.2) is 35.7 Å². The van der Waals surface area contributed by atoms with Crippen molar-refractivity contribution in [2.24, 2.45) is 5.92 Å². The minimum absolute atomic E-state index is 0.706. The van der Waals surface area contributed by atoms with Crippen LogP contribution in [0.3, 0.4) is 0 Å². The fraction of sp³-hybridized carbons (Fsp3) is 0.750. The first-order valence-electron chi connectivity index (χ1n) is 6.19. The van der Waals surface area contributed by atoms with E-state index in [9.17, 15) is 0 Å². The Morgan fingerprint density at radius 2 is 2.44 bits per heavy atom. The first kappa shape index (κ1) is 10.3. The van der Waals surface area contributed by atoms with E-state index in [1.54, 1.807) is 0 Å². The molecule has 1 aromatic heterocycles. The van der Waals surface area contributed by atoms with Crippen molar-refractivity contribution in [3.8, 4) is 0 Å². The van der Waals surface area contributed by atoms with Crippen molar-refractivity contribution >= 4 is 0 Å². The summed E-state index contributed by atoms with van der Waals surface area (Å²) >= 11 is 0. The Labute approximate surface area is 96.0 Å². The summed E-state index contributed by atoms with van der Waals surface area (Å²) in [6.07, 6.45) is 2.82. The maximum atomic E-state index is 5.27. The second kappa shape index (κ2) is 4.18. The van der Waals surface area contributed by atoms with Gasteiger partial charge in [0.1, 0.15) is 0 Å². The molecular formula is C12H19N3O. The van der Waals surface area contributed by atoms with Crippen LogP contribution in [0.1, 0.15) is 24.3 Å². The van der Waals surface area contributed by atoms with E-state index in [4.69, 9.17) is 4.52 Å². The first-order chi connectivity index (χ1) is 7.81. The number of hydrogen-bond donors (Lipinski definition) is 1. The van der Waals surface area contributed by atoms with Gasteiger partial charge in [0.2, 0.25) is 0 Å². The molecule has 0 bridgehead atoms. The molecule has 4 heteroatoms. The molecule has 1 aliphatic heterocycles. The van der Waals surface area contributed by atoms with Crippen molar-refractivity contribution < 1.29 is 4.52 Å². The molecule has 1 saturated carbocycles. The molecular weight excluding hydrogens is 202 g/mol. The summed E-state index contributed by atoms with van der Waals surface area (Å²) in [6, 6.07) is 2.74. The van der Waals surface area contributed by atoms with Crippen molar-refractivity contribution in [2.75, 3.05) is 19.6 Å². The van der Waals surface area contributed by atoms with E-state index in [-0.39, 0.29) is 0 Å². The highest BCUT2D eigenvalue weighted by Crippen LogP contribution is 2.33. The number of aromatic nitrogens is 1. The summed E-state index contributed by atoms with van der Waals surface area (Å²) in [5.41, 5.74) is 0.976. The standard InChI is InChI=1S/C12H19N3O/c1-9-6-11(16-14-9)7-15-5-4-13-12(8-15)10-2-3-10/h6,10,12-13H,2-5,7-8H2,1H3. The maximum absolute atomic E-state index is 5.27. The highest BCUT2D eigenvalue weighted by molar-refractivity contribution is 5.03. The molecule has 0 radical (unpaired) electrons. The molecule has 2 heterocycles. The Kier molecular flexibility index (Phi) is 2.69. The fourth-order valence-corrected chi connectivity index (χ4v) is 2.51. The van der Waals surface area contributed by atoms with Crippen molar-refractivity contribution in [1.82, 2.24) is 15.4 Å². The van der Waals surface area contributed by atoms with Crippen LogP contribution >= 0.6 is 0 Å². The van der Waals surface area contributed by atoms with Gasteiger partial charge in [0.15, 0.2) is 5.76 Å². The van der Waals surface area contributed by atoms with E-state index < -0.39 is 0 Å². The van der Waals surface area contributed by atoms with E-state index >= 15 is 0 Å². The Balaban J connectivity index is 1.57. The van der Waals surface area contributed by atoms with Crippen LogP contribution in [0.5, 0.6) is 0 Å². The molecule has 1 aliphatic carbocycles. The largest absolute Gasteiger partial charge is 0.360 e. The average Bonchev–Trinajstić information content (AvgIpc) is 3.05. The molecule has 88 valence electrons. The third-order valence-corrected chi connectivity index (χ3v) is 3.54. The molecule has 1 saturated heterocycles. The molecule has 2 fully saturated rings. The minimum atomic E-state index is 0.706. The zero-order valence-electron chi connectivity index (χ0n) is 9.78. The Morgan fingerprint density at radius 3 is 3.12 bits per heavy atom. The molecule has 1 unspecified atom stereocenters. The third-order valence-electron chi connectivity index (χ3n) is 3.54.